The van der Waals surface area contributed by atoms with Gasteiger partial charge in [-0.25, -0.2) is 0 Å². The molecule has 2 heterocycles. The number of likely N-dealkylation sites (tertiary alicyclic amines) is 1. The molecule has 0 aliphatic carbocycles. The highest BCUT2D eigenvalue weighted by Gasteiger charge is 2.25. The number of aliphatic imine (C=N–C) groups is 1. The van der Waals surface area contributed by atoms with Crippen LogP contribution in [0.4, 0.5) is 0 Å². The third-order valence-electron chi connectivity index (χ3n) is 5.05. The first-order valence-electron chi connectivity index (χ1n) is 10.1. The zero-order valence-corrected chi connectivity index (χ0v) is 17.7. The summed E-state index contributed by atoms with van der Waals surface area (Å²) < 4.78 is 5.63. The maximum absolute atomic E-state index is 5.63. The summed E-state index contributed by atoms with van der Waals surface area (Å²) >= 11 is 0. The van der Waals surface area contributed by atoms with E-state index in [-0.39, 0.29) is 11.5 Å². The molecule has 1 atom stereocenters. The maximum atomic E-state index is 5.63. The zero-order valence-electron chi connectivity index (χ0n) is 17.7. The summed E-state index contributed by atoms with van der Waals surface area (Å²) in [6, 6.07) is 6.58. The monoisotopic (exact) mass is 375 g/mol. The fraction of sp³-hybridized carbons (Fsp3) is 0.714. The average molecular weight is 376 g/mol. The first-order chi connectivity index (χ1) is 12.9. The van der Waals surface area contributed by atoms with Gasteiger partial charge in [0.1, 0.15) is 0 Å². The Kier molecular flexibility index (Phi) is 8.51. The molecule has 1 aliphatic rings. The molecule has 152 valence electrons. The number of nitrogens with zero attached hydrogens (tertiary/aromatic N) is 3. The van der Waals surface area contributed by atoms with Crippen molar-refractivity contribution < 1.29 is 4.74 Å². The largest absolute Gasteiger partial charge is 0.379 e. The van der Waals surface area contributed by atoms with Crippen LogP contribution in [0, 0.1) is 5.41 Å². The molecule has 2 rings (SSSR count). The van der Waals surface area contributed by atoms with E-state index < -0.39 is 0 Å². The van der Waals surface area contributed by atoms with Crippen molar-refractivity contribution in [1.29, 1.82) is 0 Å². The van der Waals surface area contributed by atoms with E-state index in [0.717, 1.165) is 50.7 Å². The van der Waals surface area contributed by atoms with Crippen molar-refractivity contribution in [2.45, 2.75) is 59.2 Å². The van der Waals surface area contributed by atoms with Gasteiger partial charge in [0, 0.05) is 45.5 Å². The van der Waals surface area contributed by atoms with E-state index in [1.54, 1.807) is 7.11 Å². The summed E-state index contributed by atoms with van der Waals surface area (Å²) in [7, 11) is 1.77. The molecule has 0 spiro atoms. The molecule has 0 saturated carbocycles. The molecule has 1 aliphatic heterocycles. The van der Waals surface area contributed by atoms with Gasteiger partial charge < -0.3 is 15.4 Å². The minimum Gasteiger partial charge on any atom is -0.379 e. The molecule has 1 saturated heterocycles. The van der Waals surface area contributed by atoms with Crippen LogP contribution in [-0.4, -0.2) is 61.3 Å². The minimum atomic E-state index is 0.0758. The Labute approximate surface area is 164 Å². The van der Waals surface area contributed by atoms with Crippen LogP contribution in [0.15, 0.2) is 29.4 Å². The average Bonchev–Trinajstić information content (AvgIpc) is 2.63. The Hall–Kier alpha value is -1.66. The highest BCUT2D eigenvalue weighted by molar-refractivity contribution is 5.80. The topological polar surface area (TPSA) is 61.8 Å². The summed E-state index contributed by atoms with van der Waals surface area (Å²) in [6.07, 6.45) is 4.20. The van der Waals surface area contributed by atoms with Crippen molar-refractivity contribution in [1.82, 2.24) is 20.5 Å². The maximum Gasteiger partial charge on any atom is 0.191 e. The number of ether oxygens (including phenoxy) is 1. The fourth-order valence-corrected chi connectivity index (χ4v) is 3.35. The number of nitrogens with one attached hydrogen (secondary N) is 2. The van der Waals surface area contributed by atoms with Crippen LogP contribution in [-0.2, 0) is 11.3 Å². The Bertz CT molecular complexity index is 562. The Morgan fingerprint density at radius 2 is 2.07 bits per heavy atom. The number of aromatic nitrogens is 1. The lowest BCUT2D eigenvalue weighted by Gasteiger charge is -2.33. The highest BCUT2D eigenvalue weighted by Crippen LogP contribution is 2.22. The quantitative estimate of drug-likeness (QED) is 0.567. The molecule has 0 amide bonds. The van der Waals surface area contributed by atoms with Crippen LogP contribution in [0.5, 0.6) is 0 Å². The molecular formula is C21H37N5O. The zero-order chi connectivity index (χ0) is 19.7. The lowest BCUT2D eigenvalue weighted by atomic mass is 9.89. The summed E-state index contributed by atoms with van der Waals surface area (Å²) in [5.41, 5.74) is 1.22. The molecular weight excluding hydrogens is 338 g/mol. The van der Waals surface area contributed by atoms with Crippen molar-refractivity contribution in [3.8, 4) is 0 Å². The molecule has 1 aromatic rings. The van der Waals surface area contributed by atoms with Gasteiger partial charge in [-0.3, -0.25) is 14.9 Å². The van der Waals surface area contributed by atoms with E-state index >= 15 is 0 Å². The lowest BCUT2D eigenvalue weighted by Crippen LogP contribution is -2.49. The third kappa shape index (κ3) is 7.46. The number of methoxy groups -OCH3 is 1. The van der Waals surface area contributed by atoms with E-state index in [0.29, 0.717) is 12.6 Å². The second-order valence-electron chi connectivity index (χ2n) is 8.33. The van der Waals surface area contributed by atoms with Crippen LogP contribution in [0.25, 0.3) is 0 Å². The second kappa shape index (κ2) is 10.6. The Morgan fingerprint density at radius 1 is 1.33 bits per heavy atom. The van der Waals surface area contributed by atoms with Crippen LogP contribution in [0.2, 0.25) is 0 Å². The van der Waals surface area contributed by atoms with Crippen LogP contribution in [0.1, 0.15) is 46.2 Å². The highest BCUT2D eigenvalue weighted by atomic mass is 16.5. The number of hydrogen-bond donors (Lipinski definition) is 2. The minimum absolute atomic E-state index is 0.0758. The summed E-state index contributed by atoms with van der Waals surface area (Å²) in [5, 5.41) is 6.98. The van der Waals surface area contributed by atoms with Gasteiger partial charge in [-0.05, 0) is 37.3 Å². The van der Waals surface area contributed by atoms with Gasteiger partial charge in [0.05, 0.1) is 18.3 Å². The van der Waals surface area contributed by atoms with Gasteiger partial charge in [-0.1, -0.05) is 26.8 Å². The number of guanidine groups is 1. The third-order valence-corrected chi connectivity index (χ3v) is 5.05. The molecule has 0 radical (unpaired) electrons. The van der Waals surface area contributed by atoms with Crippen molar-refractivity contribution >= 4 is 5.96 Å². The van der Waals surface area contributed by atoms with Crippen molar-refractivity contribution in [2.24, 2.45) is 10.4 Å². The molecule has 27 heavy (non-hydrogen) atoms. The number of piperidine rings is 1. The van der Waals surface area contributed by atoms with Crippen LogP contribution < -0.4 is 10.6 Å². The first-order valence-corrected chi connectivity index (χ1v) is 10.1. The molecule has 6 nitrogen and oxygen atoms in total. The molecule has 2 N–H and O–H groups in total. The van der Waals surface area contributed by atoms with E-state index in [9.17, 15) is 0 Å². The van der Waals surface area contributed by atoms with Gasteiger partial charge >= 0.3 is 0 Å². The van der Waals surface area contributed by atoms with Gasteiger partial charge in [-0.2, -0.15) is 0 Å². The van der Waals surface area contributed by atoms with E-state index in [4.69, 9.17) is 9.73 Å². The predicted molar refractivity (Wildman–Crippen MR) is 112 cm³/mol. The number of hydrogen-bond acceptors (Lipinski definition) is 4. The molecule has 1 aromatic heterocycles. The summed E-state index contributed by atoms with van der Waals surface area (Å²) in [6.45, 7) is 13.3. The Morgan fingerprint density at radius 3 is 2.63 bits per heavy atom. The molecule has 0 bridgehead atoms. The van der Waals surface area contributed by atoms with E-state index in [1.165, 1.54) is 0 Å². The fourth-order valence-electron chi connectivity index (χ4n) is 3.35. The summed E-state index contributed by atoms with van der Waals surface area (Å²) in [5.74, 6) is 0.895. The van der Waals surface area contributed by atoms with Crippen molar-refractivity contribution in [3.05, 3.63) is 30.1 Å². The SMILES string of the molecule is CCNC(=NCC(OC)C(C)(C)C)NC1CCN(Cc2ccccn2)CC1. The predicted octanol–water partition coefficient (Wildman–Crippen LogP) is 2.66. The second-order valence-corrected chi connectivity index (χ2v) is 8.33. The lowest BCUT2D eigenvalue weighted by molar-refractivity contribution is 0.0241. The molecule has 0 aromatic carbocycles. The standard InChI is InChI=1S/C21H37N5O/c1-6-22-20(24-15-19(27-5)21(2,3)4)25-17-10-13-26(14-11-17)16-18-9-7-8-12-23-18/h7-9,12,17,19H,6,10-11,13-16H2,1-5H3,(H2,22,24,25). The van der Waals surface area contributed by atoms with Crippen LogP contribution >= 0.6 is 0 Å². The first kappa shape index (κ1) is 21.6. The summed E-state index contributed by atoms with van der Waals surface area (Å²) in [4.78, 5) is 11.7. The van der Waals surface area contributed by atoms with Crippen molar-refractivity contribution in [2.75, 3.05) is 33.3 Å². The van der Waals surface area contributed by atoms with Gasteiger partial charge in [0.2, 0.25) is 0 Å². The Balaban J connectivity index is 1.83. The molecule has 6 heteroatoms. The molecule has 1 unspecified atom stereocenters. The number of rotatable bonds is 7. The van der Waals surface area contributed by atoms with Crippen LogP contribution in [0.3, 0.4) is 0 Å². The van der Waals surface area contributed by atoms with E-state index in [2.05, 4.69) is 60.3 Å². The van der Waals surface area contributed by atoms with Gasteiger partial charge in [0.25, 0.3) is 0 Å². The number of pyridine rings is 1. The molecule has 1 fully saturated rings. The van der Waals surface area contributed by atoms with Gasteiger partial charge in [-0.15, -0.1) is 0 Å². The van der Waals surface area contributed by atoms with Crippen molar-refractivity contribution in [3.63, 3.8) is 0 Å². The normalized spacial score (nSPS) is 18.3. The smallest absolute Gasteiger partial charge is 0.191 e. The van der Waals surface area contributed by atoms with Gasteiger partial charge in [0.15, 0.2) is 5.96 Å². The van der Waals surface area contributed by atoms with E-state index in [1.807, 2.05) is 12.3 Å².